The Morgan fingerprint density at radius 1 is 0.333 bits per heavy atom. The first-order chi connectivity index (χ1) is 43.5. The Morgan fingerprint density at radius 3 is 1.34 bits per heavy atom. The van der Waals surface area contributed by atoms with Gasteiger partial charge in [0.25, 0.3) is 0 Å². The van der Waals surface area contributed by atoms with E-state index in [-0.39, 0.29) is 18.3 Å². The molecule has 20 atom stereocenters. The molecular weight excluding hydrogens is 1090 g/mol. The van der Waals surface area contributed by atoms with Crippen molar-refractivity contribution < 1.29 is 15.3 Å². The van der Waals surface area contributed by atoms with E-state index in [4.69, 9.17) is 0 Å². The molecule has 0 radical (unpaired) electrons. The fraction of sp³-hybridized carbons (Fsp3) is 0.563. The maximum absolute atomic E-state index is 10.3. The van der Waals surface area contributed by atoms with Gasteiger partial charge >= 0.3 is 0 Å². The van der Waals surface area contributed by atoms with Crippen molar-refractivity contribution in [2.75, 3.05) is 0 Å². The van der Waals surface area contributed by atoms with Crippen molar-refractivity contribution in [2.45, 2.75) is 213 Å². The van der Waals surface area contributed by atoms with Crippen molar-refractivity contribution in [3.05, 3.63) is 180 Å². The smallest absolute Gasteiger partial charge is 0.0577 e. The average molecular weight is 1200 g/mol. The van der Waals surface area contributed by atoms with Crippen LogP contribution in [0.1, 0.15) is 212 Å². The first kappa shape index (κ1) is 59.9. The standard InChI is InChI=1S/2C29H36O.C29H34O/c3*1-28-15-13-23(30)18-22(28)9-10-24-26-12-11-25(29(26,2)16-14-27(24)28)21-8-7-19-5-3-4-6-20(19)17-21/h3-8,11,17,22-24,26-27,30H,9-10,12-16,18H2,1-2H3;3-9,17,23-27,30H,10-16,18H2,1-2H3;3-9,11,17,23-24,26-27,30H,10,12-16,18H2,1-2H3/t22-,23+,24-,26-,27-,28-,29+;23-,24+,25-,26+,27+,28+,29-;23-,24+,26+,27+,28+,29-/m011/s1. The van der Waals surface area contributed by atoms with Crippen molar-refractivity contribution in [2.24, 2.45) is 91.7 Å². The molecule has 0 unspecified atom stereocenters. The van der Waals surface area contributed by atoms with Crippen molar-refractivity contribution in [1.29, 1.82) is 0 Å². The summed E-state index contributed by atoms with van der Waals surface area (Å²) in [5.41, 5.74) is 13.1. The fourth-order valence-corrected chi connectivity index (χ4v) is 25.2. The minimum absolute atomic E-state index is 0.0406. The van der Waals surface area contributed by atoms with E-state index >= 15 is 0 Å². The van der Waals surface area contributed by atoms with Gasteiger partial charge in [0, 0.05) is 0 Å². The first-order valence-electron chi connectivity index (χ1n) is 36.8. The molecule has 8 saturated carbocycles. The lowest BCUT2D eigenvalue weighted by Crippen LogP contribution is -2.53. The van der Waals surface area contributed by atoms with Crippen LogP contribution >= 0.6 is 0 Å². The van der Waals surface area contributed by atoms with Gasteiger partial charge in [-0.25, -0.2) is 0 Å². The highest BCUT2D eigenvalue weighted by Gasteiger charge is 2.62. The zero-order valence-corrected chi connectivity index (χ0v) is 55.6. The Kier molecular flexibility index (Phi) is 15.0. The second kappa shape index (κ2) is 22.6. The van der Waals surface area contributed by atoms with Crippen molar-refractivity contribution in [3.8, 4) is 0 Å². The predicted molar refractivity (Wildman–Crippen MR) is 374 cm³/mol. The number of fused-ring (bicyclic) bond motifs is 18. The third kappa shape index (κ3) is 9.59. The zero-order valence-electron chi connectivity index (χ0n) is 55.6. The summed E-state index contributed by atoms with van der Waals surface area (Å²) in [5, 5.41) is 38.9. The summed E-state index contributed by atoms with van der Waals surface area (Å²) in [6.07, 6.45) is 38.2. The van der Waals surface area contributed by atoms with Crippen LogP contribution in [0.2, 0.25) is 0 Å². The molecule has 472 valence electrons. The van der Waals surface area contributed by atoms with Crippen LogP contribution in [0.25, 0.3) is 43.5 Å². The Balaban J connectivity index is 0.000000108. The maximum atomic E-state index is 10.3. The summed E-state index contributed by atoms with van der Waals surface area (Å²) < 4.78 is 0. The molecule has 0 aliphatic heterocycles. The van der Waals surface area contributed by atoms with E-state index in [9.17, 15) is 15.3 Å². The number of hydrogen-bond acceptors (Lipinski definition) is 3. The molecule has 12 aliphatic rings. The first-order valence-corrected chi connectivity index (χ1v) is 36.8. The van der Waals surface area contributed by atoms with E-state index in [0.29, 0.717) is 38.4 Å². The van der Waals surface area contributed by atoms with Crippen LogP contribution in [-0.2, 0) is 0 Å². The van der Waals surface area contributed by atoms with E-state index in [1.165, 1.54) is 153 Å². The molecule has 6 aromatic rings. The fourth-order valence-electron chi connectivity index (χ4n) is 25.2. The minimum atomic E-state index is -0.109. The van der Waals surface area contributed by atoms with Gasteiger partial charge < -0.3 is 15.3 Å². The lowest BCUT2D eigenvalue weighted by Gasteiger charge is -2.60. The van der Waals surface area contributed by atoms with Crippen LogP contribution in [0, 0.1) is 91.7 Å². The van der Waals surface area contributed by atoms with Gasteiger partial charge in [-0.15, -0.1) is 0 Å². The molecule has 6 aromatic carbocycles. The molecule has 12 aliphatic carbocycles. The monoisotopic (exact) mass is 1200 g/mol. The second-order valence-corrected chi connectivity index (χ2v) is 33.9. The average Bonchev–Trinajstić information content (AvgIpc) is 1.41. The van der Waals surface area contributed by atoms with Gasteiger partial charge in [0.05, 0.1) is 18.3 Å². The SMILES string of the molecule is C[C@]12CC[C@@H](O)CC1=CC[C@@H]1[C@@H]2CC[C@]2(C)C(c3ccc4ccccc4c3)=CC[C@@H]12.C[C@]12CC[C@@H](O)C[C@@H]1CC[C@@H]1[C@@H]2CC[C@]2(C)C(c3ccc4ccccc4c3)=CC[C@@H]12.C[C@]12CC[C@H]3[C@@H](CC=C4C[C@H](O)CC[C@@]43C)[C@@H]1CC[C@@H]2c1ccc2ccccc2c1. The lowest BCUT2D eigenvalue weighted by molar-refractivity contribution is -0.115. The van der Waals surface area contributed by atoms with Crippen LogP contribution in [0.3, 0.4) is 0 Å². The van der Waals surface area contributed by atoms with Gasteiger partial charge in [-0.05, 0) is 318 Å². The van der Waals surface area contributed by atoms with Gasteiger partial charge in [0.2, 0.25) is 0 Å². The molecular formula is C87H106O3. The zero-order chi connectivity index (χ0) is 61.5. The highest BCUT2D eigenvalue weighted by atomic mass is 16.3. The topological polar surface area (TPSA) is 60.7 Å². The van der Waals surface area contributed by atoms with Crippen molar-refractivity contribution in [3.63, 3.8) is 0 Å². The lowest BCUT2D eigenvalue weighted by atomic mass is 9.44. The Labute approximate surface area is 540 Å². The highest BCUT2D eigenvalue weighted by Crippen LogP contribution is 2.71. The number of aliphatic hydroxyl groups excluding tert-OH is 3. The number of rotatable bonds is 3. The number of benzene rings is 6. The van der Waals surface area contributed by atoms with Crippen LogP contribution < -0.4 is 0 Å². The summed E-state index contributed by atoms with van der Waals surface area (Å²) in [7, 11) is 0. The number of hydrogen-bond donors (Lipinski definition) is 3. The molecule has 18 rings (SSSR count). The van der Waals surface area contributed by atoms with Crippen molar-refractivity contribution >= 4 is 43.5 Å². The highest BCUT2D eigenvalue weighted by molar-refractivity contribution is 5.89. The van der Waals surface area contributed by atoms with E-state index in [2.05, 4.69) is 193 Å². The van der Waals surface area contributed by atoms with E-state index in [0.717, 1.165) is 97.7 Å². The molecule has 0 heterocycles. The molecule has 8 fully saturated rings. The molecule has 0 bridgehead atoms. The number of aliphatic hydroxyl groups is 3. The minimum Gasteiger partial charge on any atom is -0.393 e. The van der Waals surface area contributed by atoms with Crippen LogP contribution in [-0.4, -0.2) is 33.6 Å². The van der Waals surface area contributed by atoms with Gasteiger partial charge in [0.15, 0.2) is 0 Å². The maximum Gasteiger partial charge on any atom is 0.0577 e. The largest absolute Gasteiger partial charge is 0.393 e. The summed E-state index contributed by atoms with van der Waals surface area (Å²) in [6, 6.07) is 47.8. The van der Waals surface area contributed by atoms with Gasteiger partial charge in [-0.3, -0.25) is 0 Å². The molecule has 0 spiro atoms. The van der Waals surface area contributed by atoms with Crippen LogP contribution in [0.5, 0.6) is 0 Å². The Hall–Kier alpha value is -5.06. The van der Waals surface area contributed by atoms with Gasteiger partial charge in [-0.2, -0.15) is 0 Å². The molecule has 0 saturated heterocycles. The molecule has 3 nitrogen and oxygen atoms in total. The third-order valence-electron chi connectivity index (χ3n) is 30.3. The predicted octanol–water partition coefficient (Wildman–Crippen LogP) is 21.6. The summed E-state index contributed by atoms with van der Waals surface area (Å²) >= 11 is 0. The second-order valence-electron chi connectivity index (χ2n) is 33.9. The summed E-state index contributed by atoms with van der Waals surface area (Å²) in [5.74, 6) is 8.89. The van der Waals surface area contributed by atoms with Crippen LogP contribution in [0.4, 0.5) is 0 Å². The Bertz CT molecular complexity index is 3810. The summed E-state index contributed by atoms with van der Waals surface area (Å²) in [6.45, 7) is 15.4. The molecule has 90 heavy (non-hydrogen) atoms. The van der Waals surface area contributed by atoms with E-state index < -0.39 is 0 Å². The third-order valence-corrected chi connectivity index (χ3v) is 30.3. The molecule has 3 heteroatoms. The summed E-state index contributed by atoms with van der Waals surface area (Å²) in [4.78, 5) is 0. The van der Waals surface area contributed by atoms with Crippen molar-refractivity contribution in [1.82, 2.24) is 0 Å². The van der Waals surface area contributed by atoms with Gasteiger partial charge in [-0.1, -0.05) is 192 Å². The Morgan fingerprint density at radius 2 is 0.778 bits per heavy atom. The molecule has 0 amide bonds. The van der Waals surface area contributed by atoms with E-state index in [1.807, 2.05) is 0 Å². The molecule has 0 aromatic heterocycles. The number of allylic oxidation sites excluding steroid dienone is 6. The normalized spacial score (nSPS) is 42.0. The molecule has 3 N–H and O–H groups in total. The van der Waals surface area contributed by atoms with Crippen LogP contribution in [0.15, 0.2) is 163 Å². The van der Waals surface area contributed by atoms with Gasteiger partial charge in [0.1, 0.15) is 0 Å². The quantitative estimate of drug-likeness (QED) is 0.155. The van der Waals surface area contributed by atoms with E-state index in [1.54, 1.807) is 27.9 Å².